The van der Waals surface area contributed by atoms with Crippen LogP contribution < -0.4 is 20.5 Å². The summed E-state index contributed by atoms with van der Waals surface area (Å²) < 4.78 is 17.9. The number of nitrogens with two attached hydrogens (primary N) is 1. The zero-order valence-electron chi connectivity index (χ0n) is 20.6. The van der Waals surface area contributed by atoms with Crippen LogP contribution in [0.25, 0.3) is 39.2 Å². The van der Waals surface area contributed by atoms with Crippen molar-refractivity contribution in [3.05, 3.63) is 84.9 Å². The molecule has 0 bridgehead atoms. The molecule has 3 N–H and O–H groups in total. The van der Waals surface area contributed by atoms with E-state index in [4.69, 9.17) is 29.9 Å². The van der Waals surface area contributed by atoms with Gasteiger partial charge < -0.3 is 20.5 Å². The Hall–Kier alpha value is -5.38. The summed E-state index contributed by atoms with van der Waals surface area (Å²) in [7, 11) is 3.22. The third-order valence-electron chi connectivity index (χ3n) is 6.15. The lowest BCUT2D eigenvalue weighted by Crippen LogP contribution is -2.07. The molecule has 0 saturated heterocycles. The maximum atomic E-state index is 6.00. The second-order valence-corrected chi connectivity index (χ2v) is 8.39. The van der Waals surface area contributed by atoms with Gasteiger partial charge in [0.2, 0.25) is 17.5 Å². The third-order valence-corrected chi connectivity index (χ3v) is 6.15. The van der Waals surface area contributed by atoms with Gasteiger partial charge >= 0.3 is 0 Å². The highest BCUT2D eigenvalue weighted by Gasteiger charge is 2.26. The zero-order chi connectivity index (χ0) is 26.1. The van der Waals surface area contributed by atoms with Crippen LogP contribution in [0.15, 0.2) is 89.6 Å². The minimum Gasteiger partial charge on any atom is -0.497 e. The van der Waals surface area contributed by atoms with Crippen LogP contribution in [0.1, 0.15) is 0 Å². The van der Waals surface area contributed by atoms with Crippen molar-refractivity contribution < 1.29 is 14.1 Å². The van der Waals surface area contributed by atoms with E-state index in [9.17, 15) is 0 Å². The molecule has 3 heterocycles. The monoisotopic (exact) mass is 505 g/mol. The van der Waals surface area contributed by atoms with Gasteiger partial charge in [-0.05, 0) is 33.6 Å². The predicted octanol–water partition coefficient (Wildman–Crippen LogP) is 5.46. The Morgan fingerprint density at radius 1 is 0.737 bits per heavy atom. The molecular weight excluding hydrogens is 482 g/mol. The predicted molar refractivity (Wildman–Crippen MR) is 144 cm³/mol. The first-order chi connectivity index (χ1) is 18.7. The smallest absolute Gasteiger partial charge is 0.228 e. The molecule has 10 nitrogen and oxygen atoms in total. The normalized spacial score (nSPS) is 11.0. The average Bonchev–Trinajstić information content (AvgIpc) is 3.56. The fourth-order valence-corrected chi connectivity index (χ4v) is 4.38. The van der Waals surface area contributed by atoms with Crippen LogP contribution in [0.5, 0.6) is 11.6 Å². The number of fused-ring (bicyclic) bond motifs is 1. The lowest BCUT2D eigenvalue weighted by atomic mass is 10.0. The summed E-state index contributed by atoms with van der Waals surface area (Å²) in [5, 5.41) is 15.8. The van der Waals surface area contributed by atoms with E-state index in [0.717, 1.165) is 33.7 Å². The van der Waals surface area contributed by atoms with Gasteiger partial charge in [0.25, 0.3) is 0 Å². The summed E-state index contributed by atoms with van der Waals surface area (Å²) in [5.41, 5.74) is 11.5. The van der Waals surface area contributed by atoms with Gasteiger partial charge in [-0.15, -0.1) is 0 Å². The SMILES string of the molecule is COc1ccc(-c2c(Nc3nonc3N)nc3c(-c4ccccc4)c(-c4ccccc4)nn3c2OC)cc1. The molecule has 38 heavy (non-hydrogen) atoms. The molecule has 0 amide bonds. The van der Waals surface area contributed by atoms with Crippen molar-refractivity contribution >= 4 is 23.1 Å². The highest BCUT2D eigenvalue weighted by atomic mass is 16.6. The van der Waals surface area contributed by atoms with Crippen LogP contribution in [0.2, 0.25) is 0 Å². The van der Waals surface area contributed by atoms with Gasteiger partial charge in [-0.1, -0.05) is 72.8 Å². The van der Waals surface area contributed by atoms with E-state index in [2.05, 4.69) is 15.6 Å². The van der Waals surface area contributed by atoms with Crippen molar-refractivity contribution in [1.82, 2.24) is 24.9 Å². The molecule has 0 aliphatic carbocycles. The highest BCUT2D eigenvalue weighted by Crippen LogP contribution is 2.43. The number of hydrogen-bond donors (Lipinski definition) is 2. The number of nitrogens with zero attached hydrogens (tertiary/aromatic N) is 5. The average molecular weight is 506 g/mol. The Morgan fingerprint density at radius 3 is 2.00 bits per heavy atom. The van der Waals surface area contributed by atoms with Gasteiger partial charge in [0.1, 0.15) is 17.3 Å². The molecular formula is C28H23N7O3. The first-order valence-electron chi connectivity index (χ1n) is 11.8. The van der Waals surface area contributed by atoms with Crippen molar-refractivity contribution in [3.8, 4) is 45.1 Å². The number of nitrogens with one attached hydrogen (secondary N) is 1. The van der Waals surface area contributed by atoms with Crippen LogP contribution in [0, 0.1) is 0 Å². The molecule has 0 fully saturated rings. The summed E-state index contributed by atoms with van der Waals surface area (Å²) in [6.07, 6.45) is 0. The first-order valence-corrected chi connectivity index (χ1v) is 11.8. The van der Waals surface area contributed by atoms with E-state index in [-0.39, 0.29) is 11.6 Å². The number of hydrogen-bond acceptors (Lipinski definition) is 9. The summed E-state index contributed by atoms with van der Waals surface area (Å²) in [4.78, 5) is 5.05. The number of rotatable bonds is 7. The summed E-state index contributed by atoms with van der Waals surface area (Å²) >= 11 is 0. The molecule has 0 radical (unpaired) electrons. The molecule has 0 atom stereocenters. The topological polar surface area (TPSA) is 126 Å². The number of aromatic nitrogens is 5. The van der Waals surface area contributed by atoms with E-state index >= 15 is 0 Å². The molecule has 0 spiro atoms. The van der Waals surface area contributed by atoms with Gasteiger partial charge in [-0.2, -0.15) is 9.61 Å². The van der Waals surface area contributed by atoms with Crippen LogP contribution in [-0.4, -0.2) is 39.1 Å². The number of anilines is 3. The molecule has 3 aromatic heterocycles. The lowest BCUT2D eigenvalue weighted by Gasteiger charge is -2.16. The van der Waals surface area contributed by atoms with Gasteiger partial charge in [-0.25, -0.2) is 9.61 Å². The number of ether oxygens (including phenoxy) is 2. The highest BCUT2D eigenvalue weighted by molar-refractivity contribution is 5.94. The van der Waals surface area contributed by atoms with Crippen molar-refractivity contribution in [2.24, 2.45) is 0 Å². The van der Waals surface area contributed by atoms with E-state index in [1.54, 1.807) is 18.7 Å². The Labute approximate surface area is 217 Å². The second-order valence-electron chi connectivity index (χ2n) is 8.39. The number of nitrogen functional groups attached to an aromatic ring is 1. The Balaban J connectivity index is 1.70. The standard InChI is InChI=1S/C28H23N7O3/c1-36-20-15-13-18(14-16-20)22-25(30-26-24(29)33-38-34-26)31-27-21(17-9-5-3-6-10-17)23(19-11-7-4-8-12-19)32-35(27)28(22)37-2/h3-16H,1-2H3,(H2,29,33)(H,30,31,34). The Kier molecular flexibility index (Phi) is 5.81. The van der Waals surface area contributed by atoms with Crippen molar-refractivity contribution in [1.29, 1.82) is 0 Å². The van der Waals surface area contributed by atoms with Gasteiger partial charge in [-0.3, -0.25) is 0 Å². The fourth-order valence-electron chi connectivity index (χ4n) is 4.38. The van der Waals surface area contributed by atoms with Crippen LogP contribution >= 0.6 is 0 Å². The summed E-state index contributed by atoms with van der Waals surface area (Å²) in [6, 6.07) is 27.5. The van der Waals surface area contributed by atoms with Crippen LogP contribution in [-0.2, 0) is 0 Å². The van der Waals surface area contributed by atoms with E-state index in [1.807, 2.05) is 84.9 Å². The fraction of sp³-hybridized carbons (Fsp3) is 0.0714. The summed E-state index contributed by atoms with van der Waals surface area (Å²) in [6.45, 7) is 0. The molecule has 6 aromatic rings. The quantitative estimate of drug-likeness (QED) is 0.291. The Bertz CT molecular complexity index is 1710. The largest absolute Gasteiger partial charge is 0.497 e. The van der Waals surface area contributed by atoms with Crippen molar-refractivity contribution in [2.45, 2.75) is 0 Å². The molecule has 6 rings (SSSR count). The second kappa shape index (κ2) is 9.58. The van der Waals surface area contributed by atoms with Crippen molar-refractivity contribution in [3.63, 3.8) is 0 Å². The van der Waals surface area contributed by atoms with Crippen LogP contribution in [0.3, 0.4) is 0 Å². The zero-order valence-corrected chi connectivity index (χ0v) is 20.6. The van der Waals surface area contributed by atoms with Gasteiger partial charge in [0, 0.05) is 5.56 Å². The molecule has 10 heteroatoms. The Morgan fingerprint density at radius 2 is 1.39 bits per heavy atom. The van der Waals surface area contributed by atoms with Gasteiger partial charge in [0.05, 0.1) is 25.3 Å². The molecule has 0 aliphatic rings. The van der Waals surface area contributed by atoms with Crippen molar-refractivity contribution in [2.75, 3.05) is 25.3 Å². The van der Waals surface area contributed by atoms with E-state index < -0.39 is 0 Å². The summed E-state index contributed by atoms with van der Waals surface area (Å²) in [5.74, 6) is 1.98. The maximum Gasteiger partial charge on any atom is 0.228 e. The number of benzene rings is 3. The van der Waals surface area contributed by atoms with E-state index in [0.29, 0.717) is 22.9 Å². The minimum absolute atomic E-state index is 0.105. The van der Waals surface area contributed by atoms with E-state index in [1.165, 1.54) is 0 Å². The molecule has 188 valence electrons. The molecule has 0 unspecified atom stereocenters. The number of methoxy groups -OCH3 is 2. The van der Waals surface area contributed by atoms with Gasteiger partial charge in [0.15, 0.2) is 5.65 Å². The maximum absolute atomic E-state index is 6.00. The van der Waals surface area contributed by atoms with Crippen LogP contribution in [0.4, 0.5) is 17.5 Å². The first kappa shape index (κ1) is 23.0. The minimum atomic E-state index is 0.105. The molecule has 0 saturated carbocycles. The third kappa shape index (κ3) is 3.94. The molecule has 3 aromatic carbocycles. The molecule has 0 aliphatic heterocycles. The lowest BCUT2D eigenvalue weighted by molar-refractivity contribution is 0.311.